The maximum absolute atomic E-state index is 10.0. The molecule has 4 heteroatoms. The van der Waals surface area contributed by atoms with Crippen LogP contribution in [0.2, 0.25) is 0 Å². The summed E-state index contributed by atoms with van der Waals surface area (Å²) in [6, 6.07) is 0. The third-order valence-electron chi connectivity index (χ3n) is 0.955. The molecule has 0 saturated heterocycles. The smallest absolute Gasteiger partial charge is 0.221 e. The molecular formula is C6H7NO3. The molecule has 0 aliphatic heterocycles. The number of nitrogens with zero attached hydrogens (tertiary/aromatic N) is 1. The summed E-state index contributed by atoms with van der Waals surface area (Å²) in [5.74, 6) is 0.650. The van der Waals surface area contributed by atoms with Crippen molar-refractivity contribution in [3.05, 3.63) is 17.8 Å². The summed E-state index contributed by atoms with van der Waals surface area (Å²) in [4.78, 5) is 13.8. The minimum atomic E-state index is 0.229. The van der Waals surface area contributed by atoms with E-state index in [1.165, 1.54) is 13.3 Å². The molecule has 0 aliphatic rings. The van der Waals surface area contributed by atoms with Gasteiger partial charge in [-0.2, -0.15) is 0 Å². The summed E-state index contributed by atoms with van der Waals surface area (Å²) >= 11 is 0. The van der Waals surface area contributed by atoms with Gasteiger partial charge in [0.15, 0.2) is 12.0 Å². The molecule has 0 saturated carbocycles. The van der Waals surface area contributed by atoms with Crippen LogP contribution in [0.15, 0.2) is 10.6 Å². The lowest BCUT2D eigenvalue weighted by atomic mass is 10.6. The third kappa shape index (κ3) is 1.41. The van der Waals surface area contributed by atoms with Crippen LogP contribution in [-0.2, 0) is 11.3 Å². The SMILES string of the molecule is COCc1ncc(C=O)o1. The zero-order valence-corrected chi connectivity index (χ0v) is 5.53. The molecule has 0 spiro atoms. The van der Waals surface area contributed by atoms with E-state index in [4.69, 9.17) is 9.15 Å². The van der Waals surface area contributed by atoms with Gasteiger partial charge in [-0.3, -0.25) is 4.79 Å². The van der Waals surface area contributed by atoms with E-state index in [0.717, 1.165) is 0 Å². The number of carbonyl (C=O) groups excluding carboxylic acids is 1. The number of oxazole rings is 1. The van der Waals surface area contributed by atoms with Crippen LogP contribution in [-0.4, -0.2) is 18.4 Å². The maximum Gasteiger partial charge on any atom is 0.221 e. The van der Waals surface area contributed by atoms with Crippen molar-refractivity contribution in [2.24, 2.45) is 0 Å². The zero-order valence-electron chi connectivity index (χ0n) is 5.53. The molecule has 0 bridgehead atoms. The highest BCUT2D eigenvalue weighted by Crippen LogP contribution is 2.00. The average molecular weight is 141 g/mol. The van der Waals surface area contributed by atoms with Crippen molar-refractivity contribution in [3.8, 4) is 0 Å². The zero-order chi connectivity index (χ0) is 7.40. The van der Waals surface area contributed by atoms with Crippen LogP contribution in [0.4, 0.5) is 0 Å². The Balaban J connectivity index is 2.68. The molecule has 0 aliphatic carbocycles. The van der Waals surface area contributed by atoms with Crippen LogP contribution >= 0.6 is 0 Å². The Hall–Kier alpha value is -1.16. The molecule has 54 valence electrons. The van der Waals surface area contributed by atoms with Crippen LogP contribution in [0, 0.1) is 0 Å². The highest BCUT2D eigenvalue weighted by molar-refractivity contribution is 5.69. The van der Waals surface area contributed by atoms with Crippen molar-refractivity contribution in [2.45, 2.75) is 6.61 Å². The molecule has 1 rings (SSSR count). The molecule has 1 aromatic heterocycles. The summed E-state index contributed by atoms with van der Waals surface area (Å²) in [6.45, 7) is 0.299. The average Bonchev–Trinajstić information content (AvgIpc) is 2.37. The van der Waals surface area contributed by atoms with E-state index < -0.39 is 0 Å². The lowest BCUT2D eigenvalue weighted by molar-refractivity contribution is 0.109. The number of ether oxygens (including phenoxy) is 1. The number of hydrogen-bond acceptors (Lipinski definition) is 4. The van der Waals surface area contributed by atoms with E-state index in [1.54, 1.807) is 0 Å². The fourth-order valence-corrected chi connectivity index (χ4v) is 0.569. The molecule has 0 fully saturated rings. The van der Waals surface area contributed by atoms with Crippen molar-refractivity contribution in [1.29, 1.82) is 0 Å². The molecule has 0 N–H and O–H groups in total. The van der Waals surface area contributed by atoms with Crippen LogP contribution in [0.3, 0.4) is 0 Å². The summed E-state index contributed by atoms with van der Waals surface area (Å²) in [5.41, 5.74) is 0. The monoisotopic (exact) mass is 141 g/mol. The van der Waals surface area contributed by atoms with E-state index in [2.05, 4.69) is 4.98 Å². The first-order valence-corrected chi connectivity index (χ1v) is 2.75. The molecule has 0 unspecified atom stereocenters. The predicted octanol–water partition coefficient (Wildman–Crippen LogP) is 0.634. The fourth-order valence-electron chi connectivity index (χ4n) is 0.569. The van der Waals surface area contributed by atoms with Crippen LogP contribution in [0.25, 0.3) is 0 Å². The van der Waals surface area contributed by atoms with Crippen molar-refractivity contribution < 1.29 is 13.9 Å². The van der Waals surface area contributed by atoms with Crippen molar-refractivity contribution in [1.82, 2.24) is 4.98 Å². The van der Waals surface area contributed by atoms with Crippen LogP contribution in [0.5, 0.6) is 0 Å². The van der Waals surface area contributed by atoms with Crippen LogP contribution < -0.4 is 0 Å². The number of carbonyl (C=O) groups is 1. The molecule has 0 amide bonds. The number of aldehydes is 1. The van der Waals surface area contributed by atoms with E-state index in [9.17, 15) is 4.79 Å². The molecular weight excluding hydrogens is 134 g/mol. The Kier molecular flexibility index (Phi) is 2.17. The number of hydrogen-bond donors (Lipinski definition) is 0. The standard InChI is InChI=1S/C6H7NO3/c1-9-4-6-7-2-5(3-8)10-6/h2-3H,4H2,1H3. The summed E-state index contributed by atoms with van der Waals surface area (Å²) in [5, 5.41) is 0. The van der Waals surface area contributed by atoms with Gasteiger partial charge in [0.05, 0.1) is 6.20 Å². The summed E-state index contributed by atoms with van der Waals surface area (Å²) in [7, 11) is 1.53. The quantitative estimate of drug-likeness (QED) is 0.579. The van der Waals surface area contributed by atoms with E-state index in [-0.39, 0.29) is 5.76 Å². The van der Waals surface area contributed by atoms with Gasteiger partial charge in [-0.1, -0.05) is 0 Å². The second-order valence-electron chi connectivity index (χ2n) is 1.71. The highest BCUT2D eigenvalue weighted by Gasteiger charge is 1.99. The predicted molar refractivity (Wildman–Crippen MR) is 32.6 cm³/mol. The van der Waals surface area contributed by atoms with Crippen molar-refractivity contribution in [2.75, 3.05) is 7.11 Å². The normalized spacial score (nSPS) is 9.70. The van der Waals surface area contributed by atoms with Gasteiger partial charge in [-0.05, 0) is 0 Å². The van der Waals surface area contributed by atoms with E-state index in [1.807, 2.05) is 0 Å². The maximum atomic E-state index is 10.0. The second kappa shape index (κ2) is 3.12. The Bertz CT molecular complexity index is 219. The molecule has 4 nitrogen and oxygen atoms in total. The van der Waals surface area contributed by atoms with Gasteiger partial charge in [0, 0.05) is 7.11 Å². The Morgan fingerprint density at radius 2 is 2.70 bits per heavy atom. The van der Waals surface area contributed by atoms with Gasteiger partial charge >= 0.3 is 0 Å². The van der Waals surface area contributed by atoms with Gasteiger partial charge in [-0.15, -0.1) is 0 Å². The van der Waals surface area contributed by atoms with E-state index >= 15 is 0 Å². The Morgan fingerprint density at radius 3 is 3.20 bits per heavy atom. The Morgan fingerprint density at radius 1 is 1.90 bits per heavy atom. The lowest BCUT2D eigenvalue weighted by Gasteiger charge is -1.88. The minimum Gasteiger partial charge on any atom is -0.435 e. The molecule has 0 aromatic carbocycles. The Labute approximate surface area is 57.8 Å². The van der Waals surface area contributed by atoms with Gasteiger partial charge in [0.25, 0.3) is 0 Å². The number of aromatic nitrogens is 1. The molecule has 0 radical (unpaired) electrons. The number of rotatable bonds is 3. The van der Waals surface area contributed by atoms with Gasteiger partial charge in [-0.25, -0.2) is 4.98 Å². The highest BCUT2D eigenvalue weighted by atomic mass is 16.5. The molecule has 10 heavy (non-hydrogen) atoms. The largest absolute Gasteiger partial charge is 0.435 e. The molecule has 0 atom stereocenters. The molecule has 1 aromatic rings. The van der Waals surface area contributed by atoms with Gasteiger partial charge in [0.2, 0.25) is 5.89 Å². The third-order valence-corrected chi connectivity index (χ3v) is 0.955. The van der Waals surface area contributed by atoms with Gasteiger partial charge < -0.3 is 9.15 Å². The summed E-state index contributed by atoms with van der Waals surface area (Å²) < 4.78 is 9.58. The van der Waals surface area contributed by atoms with E-state index in [0.29, 0.717) is 18.8 Å². The first-order chi connectivity index (χ1) is 4.86. The fraction of sp³-hybridized carbons (Fsp3) is 0.333. The van der Waals surface area contributed by atoms with Crippen molar-refractivity contribution >= 4 is 6.29 Å². The second-order valence-corrected chi connectivity index (χ2v) is 1.71. The minimum absolute atomic E-state index is 0.229. The van der Waals surface area contributed by atoms with Crippen molar-refractivity contribution in [3.63, 3.8) is 0 Å². The first-order valence-electron chi connectivity index (χ1n) is 2.75. The van der Waals surface area contributed by atoms with Gasteiger partial charge in [0.1, 0.15) is 6.61 Å². The molecule has 1 heterocycles. The lowest BCUT2D eigenvalue weighted by Crippen LogP contribution is -1.85. The topological polar surface area (TPSA) is 52.3 Å². The number of methoxy groups -OCH3 is 1. The first kappa shape index (κ1) is 6.95. The van der Waals surface area contributed by atoms with Crippen LogP contribution in [0.1, 0.15) is 16.4 Å². The summed E-state index contributed by atoms with van der Waals surface area (Å²) in [6.07, 6.45) is 1.97.